The smallest absolute Gasteiger partial charge is 0.303 e. The average molecular weight is 423 g/mol. The van der Waals surface area contributed by atoms with E-state index >= 15 is 0 Å². The van der Waals surface area contributed by atoms with E-state index in [9.17, 15) is 4.79 Å². The molecule has 2 nitrogen and oxygen atoms in total. The quantitative estimate of drug-likeness (QED) is 0.117. The number of carboxylic acid groups (broad SMARTS) is 1. The standard InChI is InChI=1S/C28H54O2/c1-2-3-4-5-6-7-8-9-10-11-12-13-14-15-16-17-18-19-20-21-22-23-24-25-26-27-28(29)30/h21-22H,2-20,23-27H2,1H3,(H,29,30)/b22-21+. The van der Waals surface area contributed by atoms with Gasteiger partial charge in [-0.15, -0.1) is 0 Å². The molecule has 1 N–H and O–H groups in total. The van der Waals surface area contributed by atoms with Crippen molar-refractivity contribution >= 4 is 5.97 Å². The molecule has 30 heavy (non-hydrogen) atoms. The van der Waals surface area contributed by atoms with Gasteiger partial charge in [-0.3, -0.25) is 4.79 Å². The number of rotatable bonds is 25. The third-order valence-electron chi connectivity index (χ3n) is 6.15. The first kappa shape index (κ1) is 29.2. The first-order chi connectivity index (χ1) is 14.8. The fourth-order valence-electron chi connectivity index (χ4n) is 4.11. The van der Waals surface area contributed by atoms with E-state index in [2.05, 4.69) is 19.1 Å². The molecule has 0 bridgehead atoms. The van der Waals surface area contributed by atoms with Crippen molar-refractivity contribution in [2.45, 2.75) is 161 Å². The Bertz CT molecular complexity index is 362. The average Bonchev–Trinajstić information content (AvgIpc) is 2.73. The van der Waals surface area contributed by atoms with Gasteiger partial charge < -0.3 is 5.11 Å². The van der Waals surface area contributed by atoms with Crippen molar-refractivity contribution in [1.82, 2.24) is 0 Å². The Balaban J connectivity index is 3.06. The molecule has 0 saturated carbocycles. The zero-order chi connectivity index (χ0) is 22.0. The lowest BCUT2D eigenvalue weighted by atomic mass is 10.0. The molecule has 0 rings (SSSR count). The van der Waals surface area contributed by atoms with Gasteiger partial charge in [0.2, 0.25) is 0 Å². The third-order valence-corrected chi connectivity index (χ3v) is 6.15. The van der Waals surface area contributed by atoms with Crippen LogP contribution in [-0.2, 0) is 4.79 Å². The van der Waals surface area contributed by atoms with Crippen LogP contribution >= 0.6 is 0 Å². The highest BCUT2D eigenvalue weighted by atomic mass is 16.4. The largest absolute Gasteiger partial charge is 0.481 e. The lowest BCUT2D eigenvalue weighted by Crippen LogP contribution is -1.93. The minimum Gasteiger partial charge on any atom is -0.481 e. The molecule has 0 aliphatic rings. The Morgan fingerprint density at radius 3 is 1.13 bits per heavy atom. The maximum absolute atomic E-state index is 10.4. The van der Waals surface area contributed by atoms with Gasteiger partial charge in [0.05, 0.1) is 0 Å². The second-order valence-corrected chi connectivity index (χ2v) is 9.26. The first-order valence-electron chi connectivity index (χ1n) is 13.6. The van der Waals surface area contributed by atoms with E-state index in [-0.39, 0.29) is 0 Å². The van der Waals surface area contributed by atoms with E-state index < -0.39 is 5.97 Å². The molecule has 0 heterocycles. The second kappa shape index (κ2) is 26.2. The molecule has 0 aromatic heterocycles. The molecule has 0 aromatic rings. The highest BCUT2D eigenvalue weighted by Crippen LogP contribution is 2.14. The number of hydrogen-bond acceptors (Lipinski definition) is 1. The zero-order valence-corrected chi connectivity index (χ0v) is 20.5. The van der Waals surface area contributed by atoms with Crippen molar-refractivity contribution in [3.05, 3.63) is 12.2 Å². The predicted octanol–water partition coefficient (Wildman–Crippen LogP) is 10.0. The van der Waals surface area contributed by atoms with Crippen molar-refractivity contribution in [2.75, 3.05) is 0 Å². The number of unbranched alkanes of at least 4 members (excludes halogenated alkanes) is 21. The lowest BCUT2D eigenvalue weighted by Gasteiger charge is -2.03. The highest BCUT2D eigenvalue weighted by molar-refractivity contribution is 5.66. The van der Waals surface area contributed by atoms with E-state index in [4.69, 9.17) is 5.11 Å². The summed E-state index contributed by atoms with van der Waals surface area (Å²) < 4.78 is 0. The van der Waals surface area contributed by atoms with Gasteiger partial charge in [-0.25, -0.2) is 0 Å². The minimum atomic E-state index is -0.667. The van der Waals surface area contributed by atoms with E-state index in [0.717, 1.165) is 25.7 Å². The molecule has 0 radical (unpaired) electrons. The first-order valence-corrected chi connectivity index (χ1v) is 13.6. The zero-order valence-electron chi connectivity index (χ0n) is 20.5. The maximum atomic E-state index is 10.4. The normalized spacial score (nSPS) is 11.5. The topological polar surface area (TPSA) is 37.3 Å². The van der Waals surface area contributed by atoms with Crippen LogP contribution in [0.25, 0.3) is 0 Å². The summed E-state index contributed by atoms with van der Waals surface area (Å²) in [6.07, 6.45) is 36.0. The predicted molar refractivity (Wildman–Crippen MR) is 133 cm³/mol. The summed E-state index contributed by atoms with van der Waals surface area (Å²) >= 11 is 0. The van der Waals surface area contributed by atoms with E-state index in [0.29, 0.717) is 6.42 Å². The van der Waals surface area contributed by atoms with Crippen molar-refractivity contribution in [1.29, 1.82) is 0 Å². The second-order valence-electron chi connectivity index (χ2n) is 9.26. The van der Waals surface area contributed by atoms with Crippen LogP contribution in [0.2, 0.25) is 0 Å². The van der Waals surface area contributed by atoms with Crippen LogP contribution in [0.5, 0.6) is 0 Å². The molecule has 178 valence electrons. The Labute approximate surface area is 189 Å². The fraction of sp³-hybridized carbons (Fsp3) is 0.893. The summed E-state index contributed by atoms with van der Waals surface area (Å²) in [6.45, 7) is 2.29. The number of carboxylic acids is 1. The Morgan fingerprint density at radius 1 is 0.500 bits per heavy atom. The van der Waals surface area contributed by atoms with Crippen LogP contribution in [0.1, 0.15) is 161 Å². The molecule has 0 aliphatic carbocycles. The Kier molecular flexibility index (Phi) is 25.6. The molecule has 0 aliphatic heterocycles. The highest BCUT2D eigenvalue weighted by Gasteiger charge is 1.96. The number of hydrogen-bond donors (Lipinski definition) is 1. The van der Waals surface area contributed by atoms with Gasteiger partial charge in [0.25, 0.3) is 0 Å². The van der Waals surface area contributed by atoms with Crippen LogP contribution in [0.4, 0.5) is 0 Å². The summed E-state index contributed by atoms with van der Waals surface area (Å²) in [5.74, 6) is -0.667. The Morgan fingerprint density at radius 2 is 0.800 bits per heavy atom. The fourth-order valence-corrected chi connectivity index (χ4v) is 4.11. The molecule has 2 heteroatoms. The van der Waals surface area contributed by atoms with Crippen LogP contribution in [0.3, 0.4) is 0 Å². The molecule has 0 spiro atoms. The van der Waals surface area contributed by atoms with Crippen molar-refractivity contribution in [3.63, 3.8) is 0 Å². The molecule has 0 atom stereocenters. The molecular weight excluding hydrogens is 368 g/mol. The van der Waals surface area contributed by atoms with Gasteiger partial charge >= 0.3 is 5.97 Å². The van der Waals surface area contributed by atoms with Gasteiger partial charge in [-0.2, -0.15) is 0 Å². The Hall–Kier alpha value is -0.790. The molecule has 0 fully saturated rings. The van der Waals surface area contributed by atoms with Gasteiger partial charge in [0, 0.05) is 6.42 Å². The van der Waals surface area contributed by atoms with Crippen LogP contribution in [0.15, 0.2) is 12.2 Å². The summed E-state index contributed by atoms with van der Waals surface area (Å²) in [5.41, 5.74) is 0. The molecule has 0 amide bonds. The molecule has 0 unspecified atom stereocenters. The summed E-state index contributed by atoms with van der Waals surface area (Å²) in [5, 5.41) is 8.58. The van der Waals surface area contributed by atoms with Crippen LogP contribution in [-0.4, -0.2) is 11.1 Å². The van der Waals surface area contributed by atoms with Crippen LogP contribution in [0, 0.1) is 0 Å². The van der Waals surface area contributed by atoms with Gasteiger partial charge in [-0.05, 0) is 32.1 Å². The van der Waals surface area contributed by atoms with Gasteiger partial charge in [0.15, 0.2) is 0 Å². The molecular formula is C28H54O2. The molecule has 0 saturated heterocycles. The van der Waals surface area contributed by atoms with Crippen molar-refractivity contribution in [2.24, 2.45) is 0 Å². The maximum Gasteiger partial charge on any atom is 0.303 e. The van der Waals surface area contributed by atoms with Gasteiger partial charge in [0.1, 0.15) is 0 Å². The van der Waals surface area contributed by atoms with Crippen molar-refractivity contribution < 1.29 is 9.90 Å². The molecule has 0 aromatic carbocycles. The SMILES string of the molecule is CCCCCCCCCCCCCCCCCCCC/C=C/CCCCCC(=O)O. The number of aliphatic carboxylic acids is 1. The van der Waals surface area contributed by atoms with Gasteiger partial charge in [-0.1, -0.05) is 135 Å². The summed E-state index contributed by atoms with van der Waals surface area (Å²) in [7, 11) is 0. The summed E-state index contributed by atoms with van der Waals surface area (Å²) in [4.78, 5) is 10.4. The lowest BCUT2D eigenvalue weighted by molar-refractivity contribution is -0.137. The van der Waals surface area contributed by atoms with Crippen molar-refractivity contribution in [3.8, 4) is 0 Å². The number of allylic oxidation sites excluding steroid dienone is 2. The van der Waals surface area contributed by atoms with E-state index in [1.165, 1.54) is 122 Å². The third kappa shape index (κ3) is 27.2. The van der Waals surface area contributed by atoms with Crippen LogP contribution < -0.4 is 0 Å². The van der Waals surface area contributed by atoms with E-state index in [1.807, 2.05) is 0 Å². The summed E-state index contributed by atoms with van der Waals surface area (Å²) in [6, 6.07) is 0. The van der Waals surface area contributed by atoms with E-state index in [1.54, 1.807) is 0 Å². The monoisotopic (exact) mass is 422 g/mol. The number of carbonyl (C=O) groups is 1. The minimum absolute atomic E-state index is 0.322.